The second-order valence-corrected chi connectivity index (χ2v) is 23.5. The molecule has 10 rings (SSSR count). The number of imide groups is 1. The Kier molecular flexibility index (Phi) is 22.9. The van der Waals surface area contributed by atoms with Crippen LogP contribution in [0.25, 0.3) is 5.57 Å². The number of aryl methyl sites for hydroxylation is 1. The minimum atomic E-state index is -0.659. The average Bonchev–Trinajstić information content (AvgIpc) is 2.51. The van der Waals surface area contributed by atoms with Gasteiger partial charge in [-0.1, -0.05) is 69.5 Å². The molecule has 1 unspecified atom stereocenters. The summed E-state index contributed by atoms with van der Waals surface area (Å²) in [6, 6.07) is 22.4. The molecule has 89 heavy (non-hydrogen) atoms. The zero-order chi connectivity index (χ0) is 63.9. The molecule has 6 heterocycles. The van der Waals surface area contributed by atoms with E-state index in [1.165, 1.54) is 28.3 Å². The van der Waals surface area contributed by atoms with Crippen LogP contribution in [-0.4, -0.2) is 159 Å². The minimum absolute atomic E-state index is 0.00596. The number of anilines is 2. The van der Waals surface area contributed by atoms with Gasteiger partial charge in [0, 0.05) is 118 Å². The van der Waals surface area contributed by atoms with Gasteiger partial charge in [-0.15, -0.1) is 0 Å². The van der Waals surface area contributed by atoms with Crippen molar-refractivity contribution < 1.29 is 52.5 Å². The highest BCUT2D eigenvalue weighted by Crippen LogP contribution is 2.41. The van der Waals surface area contributed by atoms with Crippen LogP contribution < -0.4 is 34.5 Å². The summed E-state index contributed by atoms with van der Waals surface area (Å²) in [5, 5.41) is 5.63. The molecule has 1 saturated heterocycles. The van der Waals surface area contributed by atoms with Gasteiger partial charge in [-0.2, -0.15) is 0 Å². The number of hydrogen-bond acceptors (Lipinski definition) is 15. The number of amides is 6. The highest BCUT2D eigenvalue weighted by molar-refractivity contribution is 6.13. The van der Waals surface area contributed by atoms with Crippen LogP contribution in [0.4, 0.5) is 22.7 Å². The zero-order valence-corrected chi connectivity index (χ0v) is 53.0. The molecule has 1 fully saturated rings. The van der Waals surface area contributed by atoms with E-state index in [2.05, 4.69) is 68.7 Å². The maximum absolute atomic E-state index is 13.5. The van der Waals surface area contributed by atoms with E-state index in [4.69, 9.17) is 18.9 Å². The van der Waals surface area contributed by atoms with E-state index in [0.29, 0.717) is 90.2 Å². The fourth-order valence-electron chi connectivity index (χ4n) is 11.1. The summed E-state index contributed by atoms with van der Waals surface area (Å²) in [7, 11) is 5.33. The number of unbranched alkanes of at least 4 members (excludes halogenated alkanes) is 2. The lowest BCUT2D eigenvalue weighted by molar-refractivity contribution is -0.137. The van der Waals surface area contributed by atoms with Crippen LogP contribution in [0.5, 0.6) is 23.0 Å². The van der Waals surface area contributed by atoms with Gasteiger partial charge in [0.15, 0.2) is 28.8 Å². The molecule has 4 aromatic carbocycles. The summed E-state index contributed by atoms with van der Waals surface area (Å²) >= 11 is 0. The Balaban J connectivity index is 0.000000178. The molecule has 0 radical (unpaired) electrons. The Morgan fingerprint density at radius 3 is 1.84 bits per heavy atom. The van der Waals surface area contributed by atoms with Gasteiger partial charge in [-0.25, -0.2) is 0 Å². The van der Waals surface area contributed by atoms with Crippen LogP contribution >= 0.6 is 0 Å². The number of fused-ring (bicyclic) bond motifs is 4. The Bertz CT molecular complexity index is 3380. The van der Waals surface area contributed by atoms with Crippen molar-refractivity contribution in [1.29, 1.82) is 0 Å². The molecule has 6 amide bonds. The number of nitrogens with zero attached hydrogens (tertiary/aromatic N) is 7. The fourth-order valence-corrected chi connectivity index (χ4v) is 11.1. The van der Waals surface area contributed by atoms with Gasteiger partial charge >= 0.3 is 0 Å². The first-order valence-electron chi connectivity index (χ1n) is 30.9. The number of nitrogens with one attached hydrogen (secondary N) is 2. The second kappa shape index (κ2) is 30.8. The van der Waals surface area contributed by atoms with Crippen LogP contribution in [0.3, 0.4) is 0 Å². The highest BCUT2D eigenvalue weighted by atomic mass is 16.5. The van der Waals surface area contributed by atoms with Crippen LogP contribution in [-0.2, 0) is 24.0 Å². The molecule has 6 aliphatic heterocycles. The molecular weight excluding hydrogens is 1130 g/mol. The number of carbonyl (C=O) groups excluding carboxylic acids is 7. The molecular formula is C69H85N9O11. The monoisotopic (exact) mass is 1220 g/mol. The number of carbonyl (C=O) groups is 7. The Hall–Kier alpha value is -8.91. The average molecular weight is 1220 g/mol. The lowest BCUT2D eigenvalue weighted by Crippen LogP contribution is -2.45. The first-order valence-corrected chi connectivity index (χ1v) is 30.9. The molecule has 20 nitrogen and oxygen atoms in total. The Morgan fingerprint density at radius 1 is 0.685 bits per heavy atom. The molecule has 4 aromatic rings. The highest BCUT2D eigenvalue weighted by Gasteiger charge is 2.35. The van der Waals surface area contributed by atoms with Gasteiger partial charge in [0.2, 0.25) is 11.8 Å². The fraction of sp³-hybridized carbons (Fsp3) is 0.435. The summed E-state index contributed by atoms with van der Waals surface area (Å²) < 4.78 is 22.2. The number of ketones is 1. The van der Waals surface area contributed by atoms with Crippen LogP contribution in [0.2, 0.25) is 0 Å². The van der Waals surface area contributed by atoms with Crippen molar-refractivity contribution in [3.63, 3.8) is 0 Å². The smallest absolute Gasteiger partial charge is 0.260 e. The number of aliphatic imine (C=N–C) groups is 2. The van der Waals surface area contributed by atoms with Gasteiger partial charge < -0.3 is 49.2 Å². The van der Waals surface area contributed by atoms with Crippen molar-refractivity contribution in [3.05, 3.63) is 125 Å². The third-order valence-electron chi connectivity index (χ3n) is 16.3. The van der Waals surface area contributed by atoms with E-state index in [1.807, 2.05) is 89.8 Å². The van der Waals surface area contributed by atoms with Crippen molar-refractivity contribution in [2.75, 3.05) is 77.4 Å². The van der Waals surface area contributed by atoms with Crippen LogP contribution in [0.1, 0.15) is 125 Å². The molecule has 6 aliphatic rings. The maximum atomic E-state index is 13.5. The number of methoxy groups -OCH3 is 2. The van der Waals surface area contributed by atoms with Gasteiger partial charge in [-0.05, 0) is 107 Å². The first-order chi connectivity index (χ1) is 42.8. The number of rotatable bonds is 22. The molecule has 0 aromatic heterocycles. The number of Topliss-reactive ketones (excluding diaryl/α,β-unsaturated/α-hetero) is 1. The quantitative estimate of drug-likeness (QED) is 0.0553. The van der Waals surface area contributed by atoms with Gasteiger partial charge in [-0.3, -0.25) is 48.4 Å². The summed E-state index contributed by atoms with van der Waals surface area (Å²) in [6.45, 7) is 19.1. The number of piperazine rings is 1. The van der Waals surface area contributed by atoms with Crippen LogP contribution in [0, 0.1) is 18.8 Å². The van der Waals surface area contributed by atoms with E-state index in [0.717, 1.165) is 62.1 Å². The number of likely N-dealkylation sites (N-methyl/N-ethyl adjacent to an activating group) is 1. The lowest BCUT2D eigenvalue weighted by Gasteiger charge is -2.34. The summed E-state index contributed by atoms with van der Waals surface area (Å²) in [5.74, 6) is 0.335. The molecule has 472 valence electrons. The third kappa shape index (κ3) is 16.8. The van der Waals surface area contributed by atoms with Gasteiger partial charge in [0.05, 0.1) is 68.1 Å². The number of ether oxygens (including phenoxy) is 4. The van der Waals surface area contributed by atoms with Crippen molar-refractivity contribution in [1.82, 2.24) is 24.9 Å². The normalized spacial score (nSPS) is 18.0. The first kappa shape index (κ1) is 66.1. The summed E-state index contributed by atoms with van der Waals surface area (Å²) in [5.41, 5.74) is 8.82. The third-order valence-corrected chi connectivity index (χ3v) is 16.3. The van der Waals surface area contributed by atoms with Crippen molar-refractivity contribution in [2.45, 2.75) is 118 Å². The molecule has 0 bridgehead atoms. The van der Waals surface area contributed by atoms with Gasteiger partial charge in [0.1, 0.15) is 0 Å². The van der Waals surface area contributed by atoms with Crippen molar-refractivity contribution in [2.24, 2.45) is 21.8 Å². The maximum Gasteiger partial charge on any atom is 0.260 e. The summed E-state index contributed by atoms with van der Waals surface area (Å²) in [6.07, 6.45) is 14.7. The predicted molar refractivity (Wildman–Crippen MR) is 346 cm³/mol. The van der Waals surface area contributed by atoms with E-state index < -0.39 is 12.0 Å². The molecule has 2 N–H and O–H groups in total. The number of hydrogen-bond donors (Lipinski definition) is 2. The number of benzene rings is 4. The SMILES string of the molecule is CCCOc1cc2c(cc1OC)C(=O)N1C=C(c3ccc(N4CCN(C)CC4)cc3)C[C@H]1C=N2.CCOc1cc2c(cc1OC)C(=O)N1C=C(C)C[C@H]1C=N2.Cc1ccc(NC(=O)[C@H](C)CC(=O)C(NC(=O)CCCCCN2C(=O)C=CC2=O)C(C)C)cc1. The van der Waals surface area contributed by atoms with E-state index >= 15 is 0 Å². The van der Waals surface area contributed by atoms with E-state index in [-0.39, 0.29) is 72.1 Å². The lowest BCUT2D eigenvalue weighted by atomic mass is 9.92. The zero-order valence-electron chi connectivity index (χ0n) is 53.0. The topological polar surface area (TPSA) is 221 Å². The van der Waals surface area contributed by atoms with E-state index in [1.54, 1.807) is 49.1 Å². The Labute approximate surface area is 522 Å². The predicted octanol–water partition coefficient (Wildman–Crippen LogP) is 10.3. The van der Waals surface area contributed by atoms with E-state index in [9.17, 15) is 33.6 Å². The van der Waals surface area contributed by atoms with Gasteiger partial charge in [0.25, 0.3) is 23.6 Å². The Morgan fingerprint density at radius 2 is 1.27 bits per heavy atom. The summed E-state index contributed by atoms with van der Waals surface area (Å²) in [4.78, 5) is 106. The largest absolute Gasteiger partial charge is 0.493 e. The molecule has 0 aliphatic carbocycles. The second-order valence-electron chi connectivity index (χ2n) is 23.5. The minimum Gasteiger partial charge on any atom is -0.493 e. The molecule has 0 saturated carbocycles. The standard InChI is InChI=1S/C27H32N4O3.C26H35N3O5.C16H18N2O3/c1-4-13-34-26-16-24-23(15-25(26)33-3)27(32)31-18-20(14-22(31)17-28-24)19-5-7-21(8-6-19)30-11-9-29(2)10-12-30;1-17(2)25(21(30)16-19(4)26(34)27-20-11-9-18(3)10-12-20)28-22(31)8-6-5-7-15-29-23(32)13-14-24(29)33;1-4-21-15-7-13-12(6-14(15)20-3)16(19)18-9-10(2)5-11(18)8-17-13/h5-8,15-18,22H,4,9-14H2,1-3H3;9-14,17,19,25H,5-8,15-16H2,1-4H3,(H,27,34)(H,28,31);6-9,11H,4-5H2,1-3H3/t22-;19-,25?;11-/m010/s1. The molecule has 0 spiro atoms. The van der Waals surface area contributed by atoms with Crippen molar-refractivity contribution >= 4 is 82.0 Å². The van der Waals surface area contributed by atoms with Crippen molar-refractivity contribution in [3.8, 4) is 23.0 Å². The molecule has 4 atom stereocenters. The van der Waals surface area contributed by atoms with Crippen LogP contribution in [0.15, 0.2) is 113 Å². The molecule has 20 heteroatoms.